The quantitative estimate of drug-likeness (QED) is 0.909. The van der Waals surface area contributed by atoms with Crippen LogP contribution < -0.4 is 15.0 Å². The largest absolute Gasteiger partial charge is 0.479 e. The zero-order valence-electron chi connectivity index (χ0n) is 12.9. The van der Waals surface area contributed by atoms with Crippen molar-refractivity contribution in [3.05, 3.63) is 18.6 Å². The average Bonchev–Trinajstić information content (AvgIpc) is 3.03. The number of piperidine rings is 1. The number of nitrogens with one attached hydrogen (secondary N) is 1. The molecule has 6 heteroatoms. The van der Waals surface area contributed by atoms with Gasteiger partial charge >= 0.3 is 0 Å². The molecule has 0 bridgehead atoms. The van der Waals surface area contributed by atoms with Crippen molar-refractivity contribution >= 4 is 16.7 Å². The lowest BCUT2D eigenvalue weighted by Crippen LogP contribution is -2.41. The van der Waals surface area contributed by atoms with Gasteiger partial charge in [-0.15, -0.1) is 0 Å². The minimum atomic E-state index is 0.512. The van der Waals surface area contributed by atoms with Gasteiger partial charge in [0.05, 0.1) is 7.11 Å². The SMILES string of the molecule is COc1nccc2c(N3CCC4(CCNC4)CC3)ncnc12. The van der Waals surface area contributed by atoms with Gasteiger partial charge in [0.2, 0.25) is 5.88 Å². The van der Waals surface area contributed by atoms with E-state index in [1.807, 2.05) is 6.07 Å². The first-order valence-corrected chi connectivity index (χ1v) is 7.91. The fourth-order valence-corrected chi connectivity index (χ4v) is 3.77. The highest BCUT2D eigenvalue weighted by Gasteiger charge is 2.37. The van der Waals surface area contributed by atoms with Crippen LogP contribution in [0.5, 0.6) is 5.88 Å². The first-order chi connectivity index (χ1) is 10.8. The van der Waals surface area contributed by atoms with E-state index in [-0.39, 0.29) is 0 Å². The van der Waals surface area contributed by atoms with Crippen LogP contribution in [0.2, 0.25) is 0 Å². The Kier molecular flexibility index (Phi) is 3.33. The van der Waals surface area contributed by atoms with Gasteiger partial charge in [-0.1, -0.05) is 0 Å². The zero-order valence-corrected chi connectivity index (χ0v) is 12.9. The molecule has 0 aliphatic carbocycles. The number of hydrogen-bond acceptors (Lipinski definition) is 6. The molecule has 22 heavy (non-hydrogen) atoms. The number of ether oxygens (including phenoxy) is 1. The predicted molar refractivity (Wildman–Crippen MR) is 85.3 cm³/mol. The summed E-state index contributed by atoms with van der Waals surface area (Å²) in [6.07, 6.45) is 7.15. The van der Waals surface area contributed by atoms with Crippen molar-refractivity contribution in [2.45, 2.75) is 19.3 Å². The first kappa shape index (κ1) is 13.7. The summed E-state index contributed by atoms with van der Waals surface area (Å²) in [4.78, 5) is 15.5. The van der Waals surface area contributed by atoms with E-state index in [2.05, 4.69) is 25.2 Å². The second kappa shape index (κ2) is 5.35. The van der Waals surface area contributed by atoms with E-state index in [0.29, 0.717) is 11.3 Å². The summed E-state index contributed by atoms with van der Waals surface area (Å²) in [5.41, 5.74) is 1.30. The van der Waals surface area contributed by atoms with Crippen LogP contribution in [-0.2, 0) is 0 Å². The summed E-state index contributed by atoms with van der Waals surface area (Å²) in [6.45, 7) is 4.44. The van der Waals surface area contributed by atoms with Gasteiger partial charge in [-0.3, -0.25) is 0 Å². The Morgan fingerprint density at radius 1 is 1.18 bits per heavy atom. The maximum absolute atomic E-state index is 5.32. The molecule has 0 amide bonds. The van der Waals surface area contributed by atoms with Gasteiger partial charge in [0.15, 0.2) is 0 Å². The number of nitrogens with zero attached hydrogens (tertiary/aromatic N) is 4. The molecule has 116 valence electrons. The highest BCUT2D eigenvalue weighted by atomic mass is 16.5. The van der Waals surface area contributed by atoms with Crippen LogP contribution in [0.4, 0.5) is 5.82 Å². The first-order valence-electron chi connectivity index (χ1n) is 7.91. The lowest BCUT2D eigenvalue weighted by atomic mass is 9.78. The summed E-state index contributed by atoms with van der Waals surface area (Å²) < 4.78 is 5.32. The van der Waals surface area contributed by atoms with Crippen molar-refractivity contribution in [2.75, 3.05) is 38.2 Å². The minimum Gasteiger partial charge on any atom is -0.479 e. The molecule has 2 aromatic heterocycles. The fraction of sp³-hybridized carbons (Fsp3) is 0.562. The Hall–Kier alpha value is -1.95. The molecule has 4 heterocycles. The van der Waals surface area contributed by atoms with E-state index in [0.717, 1.165) is 29.8 Å². The van der Waals surface area contributed by atoms with Crippen molar-refractivity contribution in [2.24, 2.45) is 5.41 Å². The Morgan fingerprint density at radius 2 is 2.05 bits per heavy atom. The highest BCUT2D eigenvalue weighted by Crippen LogP contribution is 2.39. The number of rotatable bonds is 2. The average molecular weight is 299 g/mol. The second-order valence-corrected chi connectivity index (χ2v) is 6.33. The number of pyridine rings is 1. The predicted octanol–water partition coefficient (Wildman–Crippen LogP) is 1.61. The standard InChI is InChI=1S/C16H21N5O/c1-22-15-13-12(2-6-18-15)14(20-11-19-13)21-8-4-16(5-9-21)3-7-17-10-16/h2,6,11,17H,3-5,7-10H2,1H3. The molecule has 0 aromatic carbocycles. The summed E-state index contributed by atoms with van der Waals surface area (Å²) in [5.74, 6) is 1.57. The van der Waals surface area contributed by atoms with Crippen LogP contribution in [0.25, 0.3) is 10.9 Å². The van der Waals surface area contributed by atoms with Gasteiger partial charge in [-0.2, -0.15) is 0 Å². The van der Waals surface area contributed by atoms with Gasteiger partial charge in [-0.25, -0.2) is 15.0 Å². The zero-order chi connectivity index (χ0) is 15.0. The summed E-state index contributed by atoms with van der Waals surface area (Å²) in [6, 6.07) is 1.98. The van der Waals surface area contributed by atoms with E-state index in [9.17, 15) is 0 Å². The third-order valence-corrected chi connectivity index (χ3v) is 5.15. The van der Waals surface area contributed by atoms with Crippen LogP contribution >= 0.6 is 0 Å². The molecule has 1 N–H and O–H groups in total. The smallest absolute Gasteiger partial charge is 0.240 e. The van der Waals surface area contributed by atoms with Crippen molar-refractivity contribution in [1.82, 2.24) is 20.3 Å². The number of anilines is 1. The lowest BCUT2D eigenvalue weighted by Gasteiger charge is -2.39. The molecule has 1 spiro atoms. The molecule has 2 saturated heterocycles. The maximum atomic E-state index is 5.32. The van der Waals surface area contributed by atoms with Gasteiger partial charge in [0.25, 0.3) is 0 Å². The monoisotopic (exact) mass is 299 g/mol. The summed E-state index contributed by atoms with van der Waals surface area (Å²) >= 11 is 0. The topological polar surface area (TPSA) is 63.2 Å². The van der Waals surface area contributed by atoms with E-state index in [1.54, 1.807) is 19.6 Å². The van der Waals surface area contributed by atoms with Crippen LogP contribution in [0.15, 0.2) is 18.6 Å². The van der Waals surface area contributed by atoms with Gasteiger partial charge in [0.1, 0.15) is 17.7 Å². The van der Waals surface area contributed by atoms with E-state index < -0.39 is 0 Å². The molecular formula is C16H21N5O. The van der Waals surface area contributed by atoms with E-state index in [4.69, 9.17) is 4.74 Å². The highest BCUT2D eigenvalue weighted by molar-refractivity contribution is 5.92. The van der Waals surface area contributed by atoms with Crippen LogP contribution in [0.3, 0.4) is 0 Å². The third kappa shape index (κ3) is 2.18. The minimum absolute atomic E-state index is 0.512. The molecule has 2 fully saturated rings. The molecule has 0 atom stereocenters. The van der Waals surface area contributed by atoms with Gasteiger partial charge in [0, 0.05) is 31.2 Å². The normalized spacial score (nSPS) is 20.7. The second-order valence-electron chi connectivity index (χ2n) is 6.33. The molecule has 2 aliphatic rings. The number of fused-ring (bicyclic) bond motifs is 1. The fourth-order valence-electron chi connectivity index (χ4n) is 3.77. The van der Waals surface area contributed by atoms with Crippen molar-refractivity contribution in [3.8, 4) is 5.88 Å². The Balaban J connectivity index is 1.65. The lowest BCUT2D eigenvalue weighted by molar-refractivity contribution is 0.247. The third-order valence-electron chi connectivity index (χ3n) is 5.15. The molecule has 4 rings (SSSR count). The summed E-state index contributed by atoms with van der Waals surface area (Å²) in [7, 11) is 1.63. The van der Waals surface area contributed by atoms with E-state index >= 15 is 0 Å². The molecule has 6 nitrogen and oxygen atoms in total. The van der Waals surface area contributed by atoms with Gasteiger partial charge in [-0.05, 0) is 37.3 Å². The van der Waals surface area contributed by atoms with Gasteiger partial charge < -0.3 is 15.0 Å². The Labute approximate surface area is 129 Å². The molecule has 2 aliphatic heterocycles. The maximum Gasteiger partial charge on any atom is 0.240 e. The van der Waals surface area contributed by atoms with Crippen LogP contribution in [0.1, 0.15) is 19.3 Å². The van der Waals surface area contributed by atoms with Crippen LogP contribution in [-0.4, -0.2) is 48.2 Å². The van der Waals surface area contributed by atoms with Crippen LogP contribution in [0, 0.1) is 5.41 Å². The Bertz CT molecular complexity index is 673. The molecule has 0 radical (unpaired) electrons. The molecule has 0 saturated carbocycles. The van der Waals surface area contributed by atoms with Crippen molar-refractivity contribution in [3.63, 3.8) is 0 Å². The van der Waals surface area contributed by atoms with Crippen molar-refractivity contribution < 1.29 is 4.74 Å². The molecular weight excluding hydrogens is 278 g/mol. The number of methoxy groups -OCH3 is 1. The molecule has 0 unspecified atom stereocenters. The number of hydrogen-bond donors (Lipinski definition) is 1. The Morgan fingerprint density at radius 3 is 2.77 bits per heavy atom. The number of aromatic nitrogens is 3. The van der Waals surface area contributed by atoms with E-state index in [1.165, 1.54) is 32.4 Å². The van der Waals surface area contributed by atoms with Crippen molar-refractivity contribution in [1.29, 1.82) is 0 Å². The molecule has 2 aromatic rings. The summed E-state index contributed by atoms with van der Waals surface area (Å²) in [5, 5.41) is 4.54.